The molecule has 1 N–H and O–H groups in total. The summed E-state index contributed by atoms with van der Waals surface area (Å²) in [6.07, 6.45) is 9.94. The average Bonchev–Trinajstić information content (AvgIpc) is 3.48. The van der Waals surface area contributed by atoms with Gasteiger partial charge in [-0.15, -0.1) is 0 Å². The van der Waals surface area contributed by atoms with Crippen molar-refractivity contribution in [1.29, 1.82) is 5.26 Å². The fraction of sp³-hybridized carbons (Fsp3) is 0.333. The molecule has 0 unspecified atom stereocenters. The maximum atomic E-state index is 11.3. The Morgan fingerprint density at radius 3 is 2.79 bits per heavy atom. The minimum Gasteiger partial charge on any atom is -0.465 e. The molecule has 12 nitrogen and oxygen atoms in total. The van der Waals surface area contributed by atoms with Crippen molar-refractivity contribution < 1.29 is 14.6 Å². The second kappa shape index (κ2) is 7.14. The van der Waals surface area contributed by atoms with Crippen molar-refractivity contribution in [3.63, 3.8) is 0 Å². The Bertz CT molecular complexity index is 1400. The monoisotopic (exact) mass is 445 g/mol. The van der Waals surface area contributed by atoms with Crippen molar-refractivity contribution in [2.75, 3.05) is 26.3 Å². The summed E-state index contributed by atoms with van der Waals surface area (Å²) in [7, 11) is 0. The number of amides is 1. The van der Waals surface area contributed by atoms with Crippen LogP contribution < -0.4 is 0 Å². The quantitative estimate of drug-likeness (QED) is 0.489. The summed E-state index contributed by atoms with van der Waals surface area (Å²) in [4.78, 5) is 21.9. The zero-order valence-electron chi connectivity index (χ0n) is 17.4. The van der Waals surface area contributed by atoms with Gasteiger partial charge in [-0.1, -0.05) is 0 Å². The molecule has 1 amide bonds. The predicted octanol–water partition coefficient (Wildman–Crippen LogP) is 1.63. The molecule has 4 aromatic rings. The van der Waals surface area contributed by atoms with Crippen LogP contribution in [0.5, 0.6) is 0 Å². The molecule has 12 heteroatoms. The summed E-state index contributed by atoms with van der Waals surface area (Å²) in [5.41, 5.74) is 2.40. The Hall–Kier alpha value is -4.24. The zero-order valence-corrected chi connectivity index (χ0v) is 17.4. The van der Waals surface area contributed by atoms with Gasteiger partial charge in [0.1, 0.15) is 17.0 Å². The number of hydrogen-bond donors (Lipinski definition) is 1. The fourth-order valence-corrected chi connectivity index (χ4v) is 4.30. The van der Waals surface area contributed by atoms with E-state index >= 15 is 0 Å². The van der Waals surface area contributed by atoms with Gasteiger partial charge in [-0.3, -0.25) is 13.8 Å². The van der Waals surface area contributed by atoms with Crippen LogP contribution >= 0.6 is 0 Å². The van der Waals surface area contributed by atoms with Gasteiger partial charge in [0, 0.05) is 36.4 Å². The average molecular weight is 445 g/mol. The lowest BCUT2D eigenvalue weighted by molar-refractivity contribution is -0.0286. The lowest BCUT2D eigenvalue weighted by atomic mass is 9.87. The highest BCUT2D eigenvalue weighted by molar-refractivity contribution is 5.68. The van der Waals surface area contributed by atoms with Gasteiger partial charge in [-0.25, -0.2) is 14.8 Å². The molecule has 0 bridgehead atoms. The first-order valence-electron chi connectivity index (χ1n) is 10.4. The Labute approximate surface area is 187 Å². The largest absolute Gasteiger partial charge is 0.465 e. The van der Waals surface area contributed by atoms with Crippen LogP contribution in [0.2, 0.25) is 0 Å². The van der Waals surface area contributed by atoms with Gasteiger partial charge in [0.25, 0.3) is 0 Å². The number of likely N-dealkylation sites (tertiary alicyclic amines) is 1. The van der Waals surface area contributed by atoms with Crippen LogP contribution in [0.25, 0.3) is 28.3 Å². The van der Waals surface area contributed by atoms with E-state index in [9.17, 15) is 15.2 Å². The van der Waals surface area contributed by atoms with Crippen molar-refractivity contribution in [2.24, 2.45) is 0 Å². The normalized spacial score (nSPS) is 17.5. The smallest absolute Gasteiger partial charge is 0.407 e. The molecule has 33 heavy (non-hydrogen) atoms. The lowest BCUT2D eigenvalue weighted by Crippen LogP contribution is -2.64. The highest BCUT2D eigenvalue weighted by Gasteiger charge is 2.47. The van der Waals surface area contributed by atoms with E-state index in [0.29, 0.717) is 19.0 Å². The van der Waals surface area contributed by atoms with E-state index in [-0.39, 0.29) is 25.6 Å². The summed E-state index contributed by atoms with van der Waals surface area (Å²) < 4.78 is 10.7. The molecule has 6 rings (SSSR count). The topological polar surface area (TPSA) is 139 Å². The van der Waals surface area contributed by atoms with Gasteiger partial charge in [-0.05, 0) is 0 Å². The molecule has 2 saturated heterocycles. The van der Waals surface area contributed by atoms with Crippen LogP contribution in [0.15, 0.2) is 43.2 Å². The van der Waals surface area contributed by atoms with Crippen LogP contribution in [0, 0.1) is 11.3 Å². The van der Waals surface area contributed by atoms with Crippen LogP contribution in [0.4, 0.5) is 4.79 Å². The molecule has 2 aliphatic rings. The number of fused-ring (bicyclic) bond motifs is 1. The summed E-state index contributed by atoms with van der Waals surface area (Å²) in [5, 5.41) is 27.5. The van der Waals surface area contributed by atoms with Crippen LogP contribution in [-0.2, 0) is 10.3 Å². The summed E-state index contributed by atoms with van der Waals surface area (Å²) in [5.74, 6) is 0.646. The fourth-order valence-electron chi connectivity index (χ4n) is 4.30. The first kappa shape index (κ1) is 19.4. The minimum atomic E-state index is -1.00. The maximum absolute atomic E-state index is 11.3. The Morgan fingerprint density at radius 1 is 1.24 bits per heavy atom. The minimum absolute atomic E-state index is 0.163. The van der Waals surface area contributed by atoms with Crippen molar-refractivity contribution in [3.8, 4) is 28.7 Å². The van der Waals surface area contributed by atoms with Gasteiger partial charge in [0.2, 0.25) is 0 Å². The number of imidazole rings is 1. The van der Waals surface area contributed by atoms with E-state index in [2.05, 4.69) is 21.3 Å². The zero-order chi connectivity index (χ0) is 22.6. The van der Waals surface area contributed by atoms with Crippen LogP contribution in [0.3, 0.4) is 0 Å². The molecule has 0 saturated carbocycles. The number of nitriles is 1. The first-order chi connectivity index (χ1) is 16.1. The Morgan fingerprint density at radius 2 is 2.06 bits per heavy atom. The lowest BCUT2D eigenvalue weighted by Gasteiger charge is -2.47. The summed E-state index contributed by atoms with van der Waals surface area (Å²) in [6, 6.07) is 4.31. The third-order valence-corrected chi connectivity index (χ3v) is 6.26. The van der Waals surface area contributed by atoms with Crippen LogP contribution in [-0.4, -0.2) is 76.3 Å². The molecule has 0 atom stereocenters. The Balaban J connectivity index is 1.38. The van der Waals surface area contributed by atoms with E-state index in [4.69, 9.17) is 9.72 Å². The molecule has 0 radical (unpaired) electrons. The van der Waals surface area contributed by atoms with Gasteiger partial charge in [0.05, 0.1) is 68.5 Å². The summed E-state index contributed by atoms with van der Waals surface area (Å²) in [6.45, 7) is 1.74. The standard InChI is InChI=1S/C21H19N9O3/c22-2-1-21(12-27(13-21)20(31)32)30-9-15(7-25-30)19-26-17(5-18-23-3-4-28(18)19)14-6-24-29(8-14)16-10-33-11-16/h3-9,16H,1,10-13H2,(H,31,32). The van der Waals surface area contributed by atoms with Gasteiger partial charge in [-0.2, -0.15) is 15.5 Å². The van der Waals surface area contributed by atoms with Gasteiger partial charge in [0.15, 0.2) is 0 Å². The van der Waals surface area contributed by atoms with E-state index < -0.39 is 11.6 Å². The molecule has 0 aliphatic carbocycles. The van der Waals surface area contributed by atoms with Crippen LogP contribution in [0.1, 0.15) is 12.5 Å². The van der Waals surface area contributed by atoms with Crippen molar-refractivity contribution >= 4 is 11.7 Å². The van der Waals surface area contributed by atoms with Crippen molar-refractivity contribution in [2.45, 2.75) is 18.0 Å². The molecular formula is C21H19N9O3. The molecule has 4 aromatic heterocycles. The Kier molecular flexibility index (Phi) is 4.21. The van der Waals surface area contributed by atoms with E-state index in [0.717, 1.165) is 22.5 Å². The number of carboxylic acid groups (broad SMARTS) is 1. The number of rotatable bonds is 5. The van der Waals surface area contributed by atoms with E-state index in [1.165, 1.54) is 4.90 Å². The highest BCUT2D eigenvalue weighted by Crippen LogP contribution is 2.34. The van der Waals surface area contributed by atoms with Gasteiger partial charge >= 0.3 is 6.09 Å². The number of carbonyl (C=O) groups is 1. The highest BCUT2D eigenvalue weighted by atomic mass is 16.5. The number of nitrogens with zero attached hydrogens (tertiary/aromatic N) is 9. The maximum Gasteiger partial charge on any atom is 0.407 e. The van der Waals surface area contributed by atoms with E-state index in [1.807, 2.05) is 33.7 Å². The van der Waals surface area contributed by atoms with Crippen molar-refractivity contribution in [1.82, 2.24) is 38.8 Å². The second-order valence-corrected chi connectivity index (χ2v) is 8.39. The number of hydrogen-bond acceptors (Lipinski definition) is 7. The molecule has 0 aromatic carbocycles. The number of aromatic nitrogens is 7. The SMILES string of the molecule is N#CCC1(n2cc(-c3nc(-c4cnn(C5COC5)c4)cc4nccn34)cn2)CN(C(=O)O)C1. The molecule has 2 fully saturated rings. The molecular weight excluding hydrogens is 426 g/mol. The van der Waals surface area contributed by atoms with Crippen molar-refractivity contribution in [3.05, 3.63) is 43.2 Å². The third-order valence-electron chi connectivity index (χ3n) is 6.26. The van der Waals surface area contributed by atoms with E-state index in [1.54, 1.807) is 23.3 Å². The van der Waals surface area contributed by atoms with Gasteiger partial charge < -0.3 is 14.7 Å². The number of ether oxygens (including phenoxy) is 1. The molecule has 166 valence electrons. The molecule has 0 spiro atoms. The first-order valence-corrected chi connectivity index (χ1v) is 10.4. The molecule has 2 aliphatic heterocycles. The third kappa shape index (κ3) is 3.05. The second-order valence-electron chi connectivity index (χ2n) is 8.39. The summed E-state index contributed by atoms with van der Waals surface area (Å²) >= 11 is 0. The molecule has 6 heterocycles. The predicted molar refractivity (Wildman–Crippen MR) is 113 cm³/mol.